The molecule has 1 aromatic heterocycles. The number of hydrogen-bond donors (Lipinski definition) is 2. The van der Waals surface area contributed by atoms with Crippen LogP contribution in [0.15, 0.2) is 66.9 Å². The Bertz CT molecular complexity index is 869. The molecular weight excluding hydrogens is 326 g/mol. The van der Waals surface area contributed by atoms with E-state index in [1.807, 2.05) is 42.6 Å². The quantitative estimate of drug-likeness (QED) is 0.701. The molecule has 0 aliphatic rings. The summed E-state index contributed by atoms with van der Waals surface area (Å²) in [4.78, 5) is 12.1. The van der Waals surface area contributed by atoms with Crippen LogP contribution in [0.2, 0.25) is 0 Å². The molecule has 0 spiro atoms. The molecule has 1 heterocycles. The average molecular weight is 349 g/mol. The van der Waals surface area contributed by atoms with Gasteiger partial charge in [0.1, 0.15) is 5.75 Å². The predicted molar refractivity (Wildman–Crippen MR) is 104 cm³/mol. The summed E-state index contributed by atoms with van der Waals surface area (Å²) in [6.45, 7) is 3.36. The zero-order valence-electron chi connectivity index (χ0n) is 15.0. The van der Waals surface area contributed by atoms with Crippen molar-refractivity contribution < 1.29 is 9.53 Å². The van der Waals surface area contributed by atoms with Gasteiger partial charge < -0.3 is 19.9 Å². The number of benzene rings is 2. The van der Waals surface area contributed by atoms with Crippen LogP contribution in [-0.2, 0) is 13.1 Å². The van der Waals surface area contributed by atoms with Gasteiger partial charge in [0.25, 0.3) is 0 Å². The maximum Gasteiger partial charge on any atom is 0.319 e. The number of carbonyl (C=O) groups is 1. The number of amides is 2. The minimum absolute atomic E-state index is 0.237. The Hall–Kier alpha value is -3.21. The minimum atomic E-state index is -0.237. The smallest absolute Gasteiger partial charge is 0.319 e. The molecule has 134 valence electrons. The van der Waals surface area contributed by atoms with Crippen molar-refractivity contribution in [3.63, 3.8) is 0 Å². The highest BCUT2D eigenvalue weighted by molar-refractivity contribution is 5.89. The molecule has 5 heteroatoms. The van der Waals surface area contributed by atoms with Gasteiger partial charge in [0, 0.05) is 24.1 Å². The van der Waals surface area contributed by atoms with Gasteiger partial charge in [-0.25, -0.2) is 4.79 Å². The van der Waals surface area contributed by atoms with Crippen LogP contribution in [0.4, 0.5) is 10.5 Å². The fourth-order valence-electron chi connectivity index (χ4n) is 2.76. The maximum absolute atomic E-state index is 12.1. The van der Waals surface area contributed by atoms with Crippen LogP contribution in [0.25, 0.3) is 0 Å². The Morgan fingerprint density at radius 3 is 2.54 bits per heavy atom. The first-order valence-corrected chi connectivity index (χ1v) is 8.53. The van der Waals surface area contributed by atoms with E-state index in [1.165, 1.54) is 11.1 Å². The van der Waals surface area contributed by atoms with E-state index >= 15 is 0 Å². The van der Waals surface area contributed by atoms with Gasteiger partial charge >= 0.3 is 6.03 Å². The second kappa shape index (κ2) is 8.25. The molecule has 3 aromatic rings. The van der Waals surface area contributed by atoms with E-state index in [4.69, 9.17) is 4.74 Å². The number of urea groups is 1. The van der Waals surface area contributed by atoms with Crippen LogP contribution in [0, 0.1) is 6.92 Å². The number of aryl methyl sites for hydroxylation is 1. The lowest BCUT2D eigenvalue weighted by atomic mass is 10.1. The van der Waals surface area contributed by atoms with Crippen molar-refractivity contribution in [1.29, 1.82) is 0 Å². The average Bonchev–Trinajstić information content (AvgIpc) is 3.10. The summed E-state index contributed by atoms with van der Waals surface area (Å²) >= 11 is 0. The Kier molecular flexibility index (Phi) is 5.59. The van der Waals surface area contributed by atoms with Gasteiger partial charge in [-0.15, -0.1) is 0 Å². The number of ether oxygens (including phenoxy) is 1. The molecular formula is C21H23N3O2. The van der Waals surface area contributed by atoms with Gasteiger partial charge in [-0.3, -0.25) is 0 Å². The van der Waals surface area contributed by atoms with E-state index in [-0.39, 0.29) is 6.03 Å². The number of anilines is 1. The highest BCUT2D eigenvalue weighted by Crippen LogP contribution is 2.15. The van der Waals surface area contributed by atoms with E-state index in [0.29, 0.717) is 6.54 Å². The summed E-state index contributed by atoms with van der Waals surface area (Å²) in [5.74, 6) is 0.755. The number of carbonyl (C=O) groups excluding carboxylic acids is 1. The van der Waals surface area contributed by atoms with Crippen LogP contribution in [-0.4, -0.2) is 17.7 Å². The van der Waals surface area contributed by atoms with E-state index in [1.54, 1.807) is 19.2 Å². The van der Waals surface area contributed by atoms with Crippen LogP contribution >= 0.6 is 0 Å². The number of rotatable bonds is 6. The molecule has 0 aliphatic carbocycles. The Balaban J connectivity index is 1.57. The number of aromatic nitrogens is 1. The fraction of sp³-hybridized carbons (Fsp3) is 0.190. The van der Waals surface area contributed by atoms with Crippen molar-refractivity contribution in [3.8, 4) is 5.75 Å². The predicted octanol–water partition coefficient (Wildman–Crippen LogP) is 4.18. The number of nitrogens with zero attached hydrogens (tertiary/aromatic N) is 1. The molecule has 2 aromatic carbocycles. The standard InChI is InChI=1S/C21H23N3O2/c1-16-6-3-4-7-17(16)15-24-13-5-8-19(24)14-22-21(25)23-18-9-11-20(26-2)12-10-18/h3-13H,14-15H2,1-2H3,(H2,22,23,25). The molecule has 0 aliphatic heterocycles. The van der Waals surface area contributed by atoms with Gasteiger partial charge in [0.05, 0.1) is 13.7 Å². The molecule has 0 saturated carbocycles. The molecule has 0 atom stereocenters. The third-order valence-corrected chi connectivity index (χ3v) is 4.30. The fourth-order valence-corrected chi connectivity index (χ4v) is 2.76. The molecule has 0 unspecified atom stereocenters. The van der Waals surface area contributed by atoms with E-state index in [9.17, 15) is 4.79 Å². The summed E-state index contributed by atoms with van der Waals surface area (Å²) in [7, 11) is 1.61. The van der Waals surface area contributed by atoms with Crippen molar-refractivity contribution >= 4 is 11.7 Å². The lowest BCUT2D eigenvalue weighted by Gasteiger charge is -2.13. The van der Waals surface area contributed by atoms with Gasteiger partial charge in [0.2, 0.25) is 0 Å². The molecule has 0 radical (unpaired) electrons. The van der Waals surface area contributed by atoms with Gasteiger partial charge in [-0.2, -0.15) is 0 Å². The minimum Gasteiger partial charge on any atom is -0.497 e. The Morgan fingerprint density at radius 2 is 1.81 bits per heavy atom. The van der Waals surface area contributed by atoms with E-state index < -0.39 is 0 Å². The van der Waals surface area contributed by atoms with Crippen LogP contribution in [0.5, 0.6) is 5.75 Å². The number of hydrogen-bond acceptors (Lipinski definition) is 2. The summed E-state index contributed by atoms with van der Waals surface area (Å²) in [6.07, 6.45) is 2.03. The van der Waals surface area contributed by atoms with Crippen molar-refractivity contribution in [1.82, 2.24) is 9.88 Å². The van der Waals surface area contributed by atoms with Crippen LogP contribution in [0.1, 0.15) is 16.8 Å². The molecule has 3 rings (SSSR count). The summed E-state index contributed by atoms with van der Waals surface area (Å²) in [5, 5.41) is 5.72. The summed E-state index contributed by atoms with van der Waals surface area (Å²) < 4.78 is 7.26. The van der Waals surface area contributed by atoms with E-state index in [0.717, 1.165) is 23.7 Å². The molecule has 5 nitrogen and oxygen atoms in total. The normalized spacial score (nSPS) is 10.4. The monoisotopic (exact) mass is 349 g/mol. The Morgan fingerprint density at radius 1 is 1.04 bits per heavy atom. The highest BCUT2D eigenvalue weighted by Gasteiger charge is 2.06. The lowest BCUT2D eigenvalue weighted by Crippen LogP contribution is -2.29. The van der Waals surface area contributed by atoms with Crippen molar-refractivity contribution in [2.24, 2.45) is 0 Å². The van der Waals surface area contributed by atoms with Crippen molar-refractivity contribution in [2.75, 3.05) is 12.4 Å². The van der Waals surface area contributed by atoms with E-state index in [2.05, 4.69) is 34.3 Å². The summed E-state index contributed by atoms with van der Waals surface area (Å²) in [6, 6.07) is 19.3. The van der Waals surface area contributed by atoms with Gasteiger partial charge in [-0.1, -0.05) is 24.3 Å². The molecule has 0 bridgehead atoms. The zero-order valence-corrected chi connectivity index (χ0v) is 15.0. The first kappa shape index (κ1) is 17.6. The molecule has 2 amide bonds. The van der Waals surface area contributed by atoms with Crippen LogP contribution < -0.4 is 15.4 Å². The highest BCUT2D eigenvalue weighted by atomic mass is 16.5. The van der Waals surface area contributed by atoms with Gasteiger partial charge in [-0.05, 0) is 54.4 Å². The topological polar surface area (TPSA) is 55.3 Å². The largest absolute Gasteiger partial charge is 0.497 e. The molecule has 0 saturated heterocycles. The molecule has 2 N–H and O–H groups in total. The second-order valence-corrected chi connectivity index (χ2v) is 6.09. The summed E-state index contributed by atoms with van der Waals surface area (Å²) in [5.41, 5.74) is 4.31. The van der Waals surface area contributed by atoms with Crippen molar-refractivity contribution in [2.45, 2.75) is 20.0 Å². The second-order valence-electron chi connectivity index (χ2n) is 6.09. The third kappa shape index (κ3) is 4.45. The molecule has 26 heavy (non-hydrogen) atoms. The third-order valence-electron chi connectivity index (χ3n) is 4.30. The maximum atomic E-state index is 12.1. The Labute approximate surface area is 153 Å². The first-order valence-electron chi connectivity index (χ1n) is 8.53. The lowest BCUT2D eigenvalue weighted by molar-refractivity contribution is 0.251. The SMILES string of the molecule is COc1ccc(NC(=O)NCc2cccn2Cc2ccccc2C)cc1. The number of methoxy groups -OCH3 is 1. The molecule has 0 fully saturated rings. The number of nitrogens with one attached hydrogen (secondary N) is 2. The van der Waals surface area contributed by atoms with Gasteiger partial charge in [0.15, 0.2) is 0 Å². The first-order chi connectivity index (χ1) is 12.7. The zero-order chi connectivity index (χ0) is 18.4. The van der Waals surface area contributed by atoms with Crippen molar-refractivity contribution in [3.05, 3.63) is 83.7 Å². The van der Waals surface area contributed by atoms with Crippen LogP contribution in [0.3, 0.4) is 0 Å².